The Balaban J connectivity index is 1.10. The first-order valence-corrected chi connectivity index (χ1v) is 14.8. The number of fused-ring (bicyclic) bond motifs is 1. The lowest BCUT2D eigenvalue weighted by atomic mass is 10.0. The van der Waals surface area contributed by atoms with Crippen LogP contribution in [0.3, 0.4) is 0 Å². The Morgan fingerprint density at radius 3 is 2.61 bits per heavy atom. The van der Waals surface area contributed by atoms with Gasteiger partial charge in [0.15, 0.2) is 17.4 Å². The molecule has 2 aliphatic rings. The van der Waals surface area contributed by atoms with Crippen LogP contribution in [0.2, 0.25) is 5.02 Å². The molecule has 6 rings (SSSR count). The van der Waals surface area contributed by atoms with Crippen molar-refractivity contribution in [2.75, 3.05) is 13.1 Å². The topological polar surface area (TPSA) is 114 Å². The lowest BCUT2D eigenvalue weighted by Gasteiger charge is -2.32. The Kier molecular flexibility index (Phi) is 8.38. The van der Waals surface area contributed by atoms with E-state index in [0.717, 1.165) is 31.7 Å². The Morgan fingerprint density at radius 1 is 1.11 bits per heavy atom. The van der Waals surface area contributed by atoms with E-state index < -0.39 is 17.6 Å². The zero-order valence-electron chi connectivity index (χ0n) is 23.8. The number of piperidine rings is 1. The number of carbonyl (C=O) groups is 1. The quantitative estimate of drug-likeness (QED) is 0.205. The maximum absolute atomic E-state index is 15.0. The first-order valence-electron chi connectivity index (χ1n) is 14.4. The third-order valence-corrected chi connectivity index (χ3v) is 8.51. The van der Waals surface area contributed by atoms with Crippen molar-refractivity contribution in [2.24, 2.45) is 5.41 Å². The molecule has 9 nitrogen and oxygen atoms in total. The maximum Gasteiger partial charge on any atom is 0.335 e. The van der Waals surface area contributed by atoms with Gasteiger partial charge in [-0.3, -0.25) is 4.90 Å². The van der Waals surface area contributed by atoms with Gasteiger partial charge in [0.05, 0.1) is 29.4 Å². The number of aromatic nitrogens is 3. The number of halogens is 3. The third kappa shape index (κ3) is 6.61. The molecule has 0 atom stereocenters. The number of imidazole rings is 1. The summed E-state index contributed by atoms with van der Waals surface area (Å²) in [7, 11) is 0. The molecule has 1 saturated heterocycles. The molecule has 3 heterocycles. The summed E-state index contributed by atoms with van der Waals surface area (Å²) in [5.41, 5.74) is 0.852. The van der Waals surface area contributed by atoms with E-state index in [1.54, 1.807) is 18.2 Å². The molecular formula is C32H30ClF2N5O4. The number of ether oxygens (including phenoxy) is 2. The Hall–Kier alpha value is -4.27. The maximum atomic E-state index is 15.0. The number of nitrogens with zero attached hydrogens (tertiary/aromatic N) is 5. The van der Waals surface area contributed by atoms with Crippen LogP contribution in [0.25, 0.3) is 11.0 Å². The second-order valence-electron chi connectivity index (χ2n) is 11.5. The van der Waals surface area contributed by atoms with Gasteiger partial charge in [0, 0.05) is 42.6 Å². The minimum absolute atomic E-state index is 0.0663. The van der Waals surface area contributed by atoms with E-state index in [1.165, 1.54) is 18.2 Å². The van der Waals surface area contributed by atoms with Crippen LogP contribution in [-0.2, 0) is 19.7 Å². The van der Waals surface area contributed by atoms with Crippen molar-refractivity contribution in [3.05, 3.63) is 82.3 Å². The predicted octanol–water partition coefficient (Wildman–Crippen LogP) is 6.38. The normalized spacial score (nSPS) is 16.5. The summed E-state index contributed by atoms with van der Waals surface area (Å²) in [6.45, 7) is 2.43. The first-order chi connectivity index (χ1) is 21.2. The van der Waals surface area contributed by atoms with Gasteiger partial charge in [-0.2, -0.15) is 5.26 Å². The number of benzene rings is 2. The summed E-state index contributed by atoms with van der Waals surface area (Å²) >= 11 is 5.80. The summed E-state index contributed by atoms with van der Waals surface area (Å²) in [6, 6.07) is 14.3. The van der Waals surface area contributed by atoms with E-state index in [0.29, 0.717) is 60.5 Å². The Morgan fingerprint density at radius 2 is 1.91 bits per heavy atom. The van der Waals surface area contributed by atoms with Crippen LogP contribution < -0.4 is 9.47 Å². The average molecular weight is 622 g/mol. The predicted molar refractivity (Wildman–Crippen MR) is 157 cm³/mol. The SMILES string of the molecule is N#CCC1(Cn2c(CN3CCC(Oc4cccc(COc5ccc(Cl)cc5F)n4)CC3)nc3c(F)cc(C(=O)O)cc32)CC1. The van der Waals surface area contributed by atoms with E-state index in [-0.39, 0.29) is 35.0 Å². The van der Waals surface area contributed by atoms with E-state index in [9.17, 15) is 23.9 Å². The molecule has 0 unspecified atom stereocenters. The minimum atomic E-state index is -1.21. The number of carboxylic acids is 1. The van der Waals surface area contributed by atoms with Gasteiger partial charge in [-0.05, 0) is 62.1 Å². The molecule has 2 aromatic carbocycles. The molecule has 1 aliphatic carbocycles. The number of pyridine rings is 1. The van der Waals surface area contributed by atoms with Crippen molar-refractivity contribution in [3.8, 4) is 17.7 Å². The van der Waals surface area contributed by atoms with E-state index in [4.69, 9.17) is 21.1 Å². The fourth-order valence-electron chi connectivity index (χ4n) is 5.62. The minimum Gasteiger partial charge on any atom is -0.484 e. The second-order valence-corrected chi connectivity index (χ2v) is 11.9. The van der Waals surface area contributed by atoms with E-state index >= 15 is 0 Å². The molecule has 12 heteroatoms. The lowest BCUT2D eigenvalue weighted by molar-refractivity contribution is 0.0696. The lowest BCUT2D eigenvalue weighted by Crippen LogP contribution is -2.38. The molecule has 0 amide bonds. The molecular weight excluding hydrogens is 592 g/mol. The summed E-state index contributed by atoms with van der Waals surface area (Å²) in [5.74, 6) is -1.22. The number of hydrogen-bond acceptors (Lipinski definition) is 7. The van der Waals surface area contributed by atoms with Crippen molar-refractivity contribution in [3.63, 3.8) is 0 Å². The highest BCUT2D eigenvalue weighted by Gasteiger charge is 2.43. The van der Waals surface area contributed by atoms with Crippen LogP contribution in [-0.4, -0.2) is 49.7 Å². The van der Waals surface area contributed by atoms with Crippen LogP contribution in [0.4, 0.5) is 8.78 Å². The second kappa shape index (κ2) is 12.4. The number of rotatable bonds is 11. The largest absolute Gasteiger partial charge is 0.484 e. The Bertz CT molecular complexity index is 1740. The van der Waals surface area contributed by atoms with Gasteiger partial charge in [0.1, 0.15) is 24.1 Å². The van der Waals surface area contributed by atoms with Crippen LogP contribution in [0.5, 0.6) is 11.6 Å². The molecule has 2 fully saturated rings. The molecule has 228 valence electrons. The Labute approximate surface area is 257 Å². The van der Waals surface area contributed by atoms with Gasteiger partial charge in [0.25, 0.3) is 0 Å². The molecule has 0 radical (unpaired) electrons. The van der Waals surface area contributed by atoms with E-state index in [2.05, 4.69) is 20.9 Å². The van der Waals surface area contributed by atoms with Gasteiger partial charge < -0.3 is 19.1 Å². The van der Waals surface area contributed by atoms with Gasteiger partial charge >= 0.3 is 5.97 Å². The molecule has 4 aromatic rings. The van der Waals surface area contributed by atoms with Crippen molar-refractivity contribution in [1.82, 2.24) is 19.4 Å². The van der Waals surface area contributed by atoms with Crippen molar-refractivity contribution >= 4 is 28.6 Å². The van der Waals surface area contributed by atoms with Crippen LogP contribution in [0.15, 0.2) is 48.5 Å². The summed E-state index contributed by atoms with van der Waals surface area (Å²) in [6.07, 6.45) is 3.56. The number of hydrogen-bond donors (Lipinski definition) is 1. The fourth-order valence-corrected chi connectivity index (χ4v) is 5.78. The highest BCUT2D eigenvalue weighted by atomic mass is 35.5. The summed E-state index contributed by atoms with van der Waals surface area (Å²) in [5, 5.41) is 19.1. The molecule has 1 aliphatic heterocycles. The zero-order valence-corrected chi connectivity index (χ0v) is 24.6. The average Bonchev–Trinajstić information content (AvgIpc) is 3.67. The van der Waals surface area contributed by atoms with Gasteiger partial charge in [-0.15, -0.1) is 0 Å². The summed E-state index contributed by atoms with van der Waals surface area (Å²) < 4.78 is 42.7. The molecule has 1 N–H and O–H groups in total. The third-order valence-electron chi connectivity index (χ3n) is 8.28. The molecule has 1 saturated carbocycles. The van der Waals surface area contributed by atoms with Crippen molar-refractivity contribution < 1.29 is 28.2 Å². The molecule has 44 heavy (non-hydrogen) atoms. The zero-order chi connectivity index (χ0) is 30.8. The number of likely N-dealkylation sites (tertiary alicyclic amines) is 1. The molecule has 2 aromatic heterocycles. The van der Waals surface area contributed by atoms with Crippen LogP contribution in [0.1, 0.15) is 54.0 Å². The van der Waals surface area contributed by atoms with Gasteiger partial charge in [0.2, 0.25) is 5.88 Å². The number of carboxylic acid groups (broad SMARTS) is 1. The van der Waals surface area contributed by atoms with Crippen molar-refractivity contribution in [2.45, 2.75) is 57.9 Å². The monoisotopic (exact) mass is 621 g/mol. The summed E-state index contributed by atoms with van der Waals surface area (Å²) in [4.78, 5) is 23.0. The van der Waals surface area contributed by atoms with Crippen LogP contribution in [0, 0.1) is 28.4 Å². The highest BCUT2D eigenvalue weighted by molar-refractivity contribution is 6.30. The van der Waals surface area contributed by atoms with Gasteiger partial charge in [-0.1, -0.05) is 17.7 Å². The number of nitriles is 1. The fraction of sp³-hybridized carbons (Fsp3) is 0.375. The molecule has 0 bridgehead atoms. The van der Waals surface area contributed by atoms with Crippen molar-refractivity contribution in [1.29, 1.82) is 5.26 Å². The van der Waals surface area contributed by atoms with Gasteiger partial charge in [-0.25, -0.2) is 23.5 Å². The van der Waals surface area contributed by atoms with Crippen LogP contribution >= 0.6 is 11.6 Å². The smallest absolute Gasteiger partial charge is 0.335 e. The highest BCUT2D eigenvalue weighted by Crippen LogP contribution is 2.50. The molecule has 0 spiro atoms. The standard InChI is InChI=1S/C32H30ClF2N5O4/c33-21-4-5-27(24(34)16-21)43-18-22-2-1-3-29(37-22)44-23-6-12-39(13-7-23)17-28-38-30-25(35)14-20(31(41)42)15-26(30)40(28)19-32(8-9-32)10-11-36/h1-5,14-16,23H,6-10,12-13,17-19H2,(H,41,42). The first kappa shape index (κ1) is 29.8. The number of aromatic carboxylic acids is 1. The van der Waals surface area contributed by atoms with E-state index in [1.807, 2.05) is 10.6 Å².